The summed E-state index contributed by atoms with van der Waals surface area (Å²) in [6.07, 6.45) is 5.67. The molecule has 1 aromatic carbocycles. The van der Waals surface area contributed by atoms with Gasteiger partial charge in [-0.3, -0.25) is 9.69 Å². The van der Waals surface area contributed by atoms with Gasteiger partial charge >= 0.3 is 0 Å². The predicted octanol–water partition coefficient (Wildman–Crippen LogP) is 3.33. The number of halogens is 1. The van der Waals surface area contributed by atoms with E-state index in [2.05, 4.69) is 44.3 Å². The van der Waals surface area contributed by atoms with Crippen molar-refractivity contribution >= 4 is 21.8 Å². The van der Waals surface area contributed by atoms with Gasteiger partial charge in [0.15, 0.2) is 0 Å². The molecule has 1 atom stereocenters. The number of hydrogen-bond donors (Lipinski definition) is 1. The summed E-state index contributed by atoms with van der Waals surface area (Å²) in [5, 5.41) is 3.26. The summed E-state index contributed by atoms with van der Waals surface area (Å²) in [5.41, 5.74) is 1.32. The molecule has 0 bridgehead atoms. The smallest absolute Gasteiger partial charge is 0.223 e. The van der Waals surface area contributed by atoms with Crippen LogP contribution < -0.4 is 5.32 Å². The third-order valence-corrected chi connectivity index (χ3v) is 5.45. The van der Waals surface area contributed by atoms with Gasteiger partial charge in [-0.15, -0.1) is 0 Å². The summed E-state index contributed by atoms with van der Waals surface area (Å²) in [5.74, 6) is 0.581. The number of hydrogen-bond acceptors (Lipinski definition) is 2. The van der Waals surface area contributed by atoms with E-state index in [9.17, 15) is 4.79 Å². The van der Waals surface area contributed by atoms with Gasteiger partial charge in [-0.25, -0.2) is 0 Å². The van der Waals surface area contributed by atoms with Crippen LogP contribution in [0.25, 0.3) is 0 Å². The first-order valence-corrected chi connectivity index (χ1v) is 8.78. The predicted molar refractivity (Wildman–Crippen MR) is 87.9 cm³/mol. The second-order valence-corrected chi connectivity index (χ2v) is 7.16. The molecule has 0 radical (unpaired) electrons. The number of nitrogens with zero attached hydrogens (tertiary/aromatic N) is 1. The van der Waals surface area contributed by atoms with Crippen molar-refractivity contribution in [2.45, 2.75) is 44.7 Å². The lowest BCUT2D eigenvalue weighted by atomic mass is 9.84. The molecule has 1 aliphatic carbocycles. The Balaban J connectivity index is 1.53. The van der Waals surface area contributed by atoms with E-state index in [-0.39, 0.29) is 5.91 Å². The Bertz CT molecular complexity index is 501. The fraction of sp³-hybridized carbons (Fsp3) is 0.588. The highest BCUT2D eigenvalue weighted by Gasteiger charge is 2.28. The molecular formula is C17H23BrN2O. The van der Waals surface area contributed by atoms with E-state index in [4.69, 9.17) is 0 Å². The van der Waals surface area contributed by atoms with Gasteiger partial charge in [0.2, 0.25) is 5.91 Å². The highest BCUT2D eigenvalue weighted by Crippen LogP contribution is 2.27. The molecule has 2 fully saturated rings. The van der Waals surface area contributed by atoms with Crippen molar-refractivity contribution in [3.05, 3.63) is 34.3 Å². The summed E-state index contributed by atoms with van der Waals surface area (Å²) < 4.78 is 1.17. The van der Waals surface area contributed by atoms with E-state index in [1.807, 2.05) is 6.07 Å². The topological polar surface area (TPSA) is 32.3 Å². The molecule has 4 heteroatoms. The van der Waals surface area contributed by atoms with Gasteiger partial charge in [0.1, 0.15) is 0 Å². The van der Waals surface area contributed by atoms with Gasteiger partial charge < -0.3 is 5.32 Å². The molecule has 1 aliphatic heterocycles. The first-order valence-electron chi connectivity index (χ1n) is 7.98. The molecule has 3 rings (SSSR count). The monoisotopic (exact) mass is 350 g/mol. The third-order valence-electron chi connectivity index (χ3n) is 4.68. The summed E-state index contributed by atoms with van der Waals surface area (Å²) in [6, 6.07) is 8.72. The molecular weight excluding hydrogens is 328 g/mol. The van der Waals surface area contributed by atoms with E-state index in [1.54, 1.807) is 0 Å². The molecule has 1 aromatic rings. The summed E-state index contributed by atoms with van der Waals surface area (Å²) in [7, 11) is 0. The van der Waals surface area contributed by atoms with E-state index in [1.165, 1.54) is 22.9 Å². The number of piperidine rings is 1. The molecule has 1 saturated carbocycles. The van der Waals surface area contributed by atoms with E-state index < -0.39 is 0 Å². The van der Waals surface area contributed by atoms with Crippen LogP contribution in [0, 0.1) is 5.92 Å². The van der Waals surface area contributed by atoms with Gasteiger partial charge in [-0.2, -0.15) is 0 Å². The zero-order valence-corrected chi connectivity index (χ0v) is 13.9. The maximum Gasteiger partial charge on any atom is 0.223 e. The first-order chi connectivity index (χ1) is 10.2. The van der Waals surface area contributed by atoms with E-state index >= 15 is 0 Å². The number of carbonyl (C=O) groups excluding carboxylic acids is 1. The van der Waals surface area contributed by atoms with Gasteiger partial charge in [0, 0.05) is 29.5 Å². The number of nitrogens with one attached hydrogen (secondary N) is 1. The van der Waals surface area contributed by atoms with E-state index in [0.29, 0.717) is 12.0 Å². The molecule has 1 N–H and O–H groups in total. The number of benzene rings is 1. The highest BCUT2D eigenvalue weighted by atomic mass is 79.9. The van der Waals surface area contributed by atoms with Gasteiger partial charge in [-0.1, -0.05) is 40.5 Å². The molecule has 1 amide bonds. The van der Waals surface area contributed by atoms with Gasteiger partial charge in [0.25, 0.3) is 0 Å². The number of rotatable bonds is 4. The Morgan fingerprint density at radius 3 is 2.76 bits per heavy atom. The molecule has 2 aliphatic rings. The Morgan fingerprint density at radius 1 is 1.24 bits per heavy atom. The van der Waals surface area contributed by atoms with Crippen molar-refractivity contribution in [3.63, 3.8) is 0 Å². The normalized spacial score (nSPS) is 23.6. The van der Waals surface area contributed by atoms with Crippen molar-refractivity contribution < 1.29 is 4.79 Å². The average molecular weight is 351 g/mol. The number of amides is 1. The Labute approximate surface area is 135 Å². The van der Waals surface area contributed by atoms with Crippen molar-refractivity contribution in [2.24, 2.45) is 5.92 Å². The molecule has 1 heterocycles. The van der Waals surface area contributed by atoms with Crippen molar-refractivity contribution in [1.29, 1.82) is 0 Å². The van der Waals surface area contributed by atoms with Crippen molar-refractivity contribution in [1.82, 2.24) is 10.2 Å². The van der Waals surface area contributed by atoms with Crippen LogP contribution in [-0.4, -0.2) is 29.9 Å². The highest BCUT2D eigenvalue weighted by molar-refractivity contribution is 9.10. The fourth-order valence-electron chi connectivity index (χ4n) is 3.17. The second kappa shape index (κ2) is 6.93. The molecule has 21 heavy (non-hydrogen) atoms. The Kier molecular flexibility index (Phi) is 4.96. The standard InChI is InChI=1S/C17H23BrN2O/c18-16-9-2-1-5-14(16)11-20-10-4-8-15(12-20)19-17(21)13-6-3-7-13/h1-2,5,9,13,15H,3-4,6-8,10-12H2,(H,19,21). The minimum Gasteiger partial charge on any atom is -0.352 e. The van der Waals surface area contributed by atoms with Crippen LogP contribution in [0.2, 0.25) is 0 Å². The number of likely N-dealkylation sites (tertiary alicyclic amines) is 1. The van der Waals surface area contributed by atoms with Gasteiger partial charge in [-0.05, 0) is 43.9 Å². The second-order valence-electron chi connectivity index (χ2n) is 6.30. The molecule has 1 saturated heterocycles. The fourth-order valence-corrected chi connectivity index (χ4v) is 3.58. The SMILES string of the molecule is O=C(NC1CCCN(Cc2ccccc2Br)C1)C1CCC1. The van der Waals surface area contributed by atoms with Crippen LogP contribution in [0.5, 0.6) is 0 Å². The zero-order chi connectivity index (χ0) is 14.7. The van der Waals surface area contributed by atoms with Gasteiger partial charge in [0.05, 0.1) is 0 Å². The van der Waals surface area contributed by atoms with Crippen LogP contribution in [0.1, 0.15) is 37.7 Å². The van der Waals surface area contributed by atoms with Crippen LogP contribution in [-0.2, 0) is 11.3 Å². The van der Waals surface area contributed by atoms with Crippen molar-refractivity contribution in [2.75, 3.05) is 13.1 Å². The Hall–Kier alpha value is -0.870. The van der Waals surface area contributed by atoms with Crippen LogP contribution >= 0.6 is 15.9 Å². The Morgan fingerprint density at radius 2 is 2.05 bits per heavy atom. The van der Waals surface area contributed by atoms with E-state index in [0.717, 1.165) is 38.9 Å². The third kappa shape index (κ3) is 3.86. The molecule has 0 spiro atoms. The maximum atomic E-state index is 12.1. The van der Waals surface area contributed by atoms with Crippen molar-refractivity contribution in [3.8, 4) is 0 Å². The molecule has 3 nitrogen and oxygen atoms in total. The summed E-state index contributed by atoms with van der Waals surface area (Å²) in [4.78, 5) is 14.5. The minimum atomic E-state index is 0.286. The summed E-state index contributed by atoms with van der Waals surface area (Å²) in [6.45, 7) is 3.05. The zero-order valence-electron chi connectivity index (χ0n) is 12.4. The van der Waals surface area contributed by atoms with Crippen LogP contribution in [0.15, 0.2) is 28.7 Å². The lowest BCUT2D eigenvalue weighted by Gasteiger charge is -2.35. The average Bonchev–Trinajstić information content (AvgIpc) is 2.40. The largest absolute Gasteiger partial charge is 0.352 e. The number of carbonyl (C=O) groups is 1. The van der Waals surface area contributed by atoms with Crippen LogP contribution in [0.3, 0.4) is 0 Å². The lowest BCUT2D eigenvalue weighted by Crippen LogP contribution is -2.49. The maximum absolute atomic E-state index is 12.1. The summed E-state index contributed by atoms with van der Waals surface area (Å²) >= 11 is 3.62. The first kappa shape index (κ1) is 15.0. The molecule has 114 valence electrons. The molecule has 1 unspecified atom stereocenters. The minimum absolute atomic E-state index is 0.286. The quantitative estimate of drug-likeness (QED) is 0.903. The lowest BCUT2D eigenvalue weighted by molar-refractivity contribution is -0.128. The van der Waals surface area contributed by atoms with Crippen LogP contribution in [0.4, 0.5) is 0 Å². The molecule has 0 aromatic heterocycles.